The van der Waals surface area contributed by atoms with Gasteiger partial charge in [0.2, 0.25) is 5.91 Å². The topological polar surface area (TPSA) is 64.3 Å². The molecule has 0 aromatic heterocycles. The van der Waals surface area contributed by atoms with Gasteiger partial charge in [-0.25, -0.2) is 0 Å². The van der Waals surface area contributed by atoms with E-state index in [1.165, 1.54) is 0 Å². The number of carbonyl (C=O) groups excluding carboxylic acids is 1. The van der Waals surface area contributed by atoms with Crippen molar-refractivity contribution in [2.24, 2.45) is 0 Å². The van der Waals surface area contributed by atoms with Gasteiger partial charge in [-0.2, -0.15) is 0 Å². The molecule has 0 bridgehead atoms. The molecule has 2 rings (SSSR count). The van der Waals surface area contributed by atoms with Crippen LogP contribution in [0.5, 0.6) is 5.75 Å². The Hall–Kier alpha value is -2.01. The minimum atomic E-state index is 0.00217. The van der Waals surface area contributed by atoms with E-state index in [4.69, 9.17) is 10.5 Å². The molecule has 0 heterocycles. The first-order valence-corrected chi connectivity index (χ1v) is 8.38. The molecule has 2 aromatic rings. The average Bonchev–Trinajstić information content (AvgIpc) is 2.52. The number of ether oxygens (including phenoxy) is 1. The number of nitrogens with two attached hydrogens (primary N) is 1. The Morgan fingerprint density at radius 1 is 1.17 bits per heavy atom. The second-order valence-corrected chi connectivity index (χ2v) is 6.30. The molecule has 2 aromatic carbocycles. The van der Waals surface area contributed by atoms with Gasteiger partial charge in [0.1, 0.15) is 5.75 Å². The van der Waals surface area contributed by atoms with Crippen molar-refractivity contribution in [2.75, 3.05) is 17.7 Å². The predicted molar refractivity (Wildman–Crippen MR) is 97.7 cm³/mol. The SMILES string of the molecule is Cc1ccc(N)cc1NC(=O)CCCCOc1ccc(Br)cc1. The zero-order chi connectivity index (χ0) is 16.7. The number of amides is 1. The van der Waals surface area contributed by atoms with Crippen LogP contribution in [-0.4, -0.2) is 12.5 Å². The largest absolute Gasteiger partial charge is 0.494 e. The molecular formula is C18H21BrN2O2. The lowest BCUT2D eigenvalue weighted by atomic mass is 10.1. The van der Waals surface area contributed by atoms with Gasteiger partial charge < -0.3 is 15.8 Å². The van der Waals surface area contributed by atoms with E-state index in [-0.39, 0.29) is 5.91 Å². The Morgan fingerprint density at radius 3 is 2.65 bits per heavy atom. The minimum absolute atomic E-state index is 0.00217. The number of hydrogen-bond donors (Lipinski definition) is 2. The fraction of sp³-hybridized carbons (Fsp3) is 0.278. The third kappa shape index (κ3) is 5.94. The highest BCUT2D eigenvalue weighted by atomic mass is 79.9. The second-order valence-electron chi connectivity index (χ2n) is 5.38. The fourth-order valence-corrected chi connectivity index (χ4v) is 2.36. The quantitative estimate of drug-likeness (QED) is 0.551. The third-order valence-corrected chi connectivity index (χ3v) is 3.94. The number of carbonyl (C=O) groups is 1. The van der Waals surface area contributed by atoms with E-state index in [0.29, 0.717) is 18.7 Å². The van der Waals surface area contributed by atoms with Crippen LogP contribution < -0.4 is 15.8 Å². The summed E-state index contributed by atoms with van der Waals surface area (Å²) in [5, 5.41) is 2.90. The molecule has 0 atom stereocenters. The van der Waals surface area contributed by atoms with Crippen LogP contribution in [0.1, 0.15) is 24.8 Å². The molecule has 0 saturated carbocycles. The van der Waals surface area contributed by atoms with E-state index in [0.717, 1.165) is 34.3 Å². The van der Waals surface area contributed by atoms with E-state index in [9.17, 15) is 4.79 Å². The molecule has 4 nitrogen and oxygen atoms in total. The lowest BCUT2D eigenvalue weighted by molar-refractivity contribution is -0.116. The number of nitrogens with one attached hydrogen (secondary N) is 1. The highest BCUT2D eigenvalue weighted by Crippen LogP contribution is 2.19. The molecule has 0 aliphatic carbocycles. The van der Waals surface area contributed by atoms with E-state index in [2.05, 4.69) is 21.2 Å². The molecule has 0 aliphatic rings. The molecule has 0 unspecified atom stereocenters. The lowest BCUT2D eigenvalue weighted by Crippen LogP contribution is -2.12. The molecule has 1 amide bonds. The molecule has 0 radical (unpaired) electrons. The number of unbranched alkanes of at least 4 members (excludes halogenated alkanes) is 1. The van der Waals surface area contributed by atoms with Crippen LogP contribution in [0.25, 0.3) is 0 Å². The van der Waals surface area contributed by atoms with Crippen molar-refractivity contribution >= 4 is 33.2 Å². The monoisotopic (exact) mass is 376 g/mol. The summed E-state index contributed by atoms with van der Waals surface area (Å²) in [5.74, 6) is 0.843. The third-order valence-electron chi connectivity index (χ3n) is 3.42. The minimum Gasteiger partial charge on any atom is -0.494 e. The van der Waals surface area contributed by atoms with Crippen LogP contribution in [0, 0.1) is 6.92 Å². The number of anilines is 2. The van der Waals surface area contributed by atoms with Gasteiger partial charge >= 0.3 is 0 Å². The van der Waals surface area contributed by atoms with E-state index >= 15 is 0 Å². The summed E-state index contributed by atoms with van der Waals surface area (Å²) in [4.78, 5) is 11.9. The normalized spacial score (nSPS) is 10.3. The Bertz CT molecular complexity index is 657. The van der Waals surface area contributed by atoms with Crippen LogP contribution in [0.15, 0.2) is 46.9 Å². The van der Waals surface area contributed by atoms with Crippen LogP contribution in [0.4, 0.5) is 11.4 Å². The first-order chi connectivity index (χ1) is 11.0. The van der Waals surface area contributed by atoms with Crippen LogP contribution >= 0.6 is 15.9 Å². The number of halogens is 1. The second kappa shape index (κ2) is 8.58. The number of hydrogen-bond acceptors (Lipinski definition) is 3. The first-order valence-electron chi connectivity index (χ1n) is 7.59. The molecular weight excluding hydrogens is 356 g/mol. The zero-order valence-electron chi connectivity index (χ0n) is 13.1. The Kier molecular flexibility index (Phi) is 6.47. The first kappa shape index (κ1) is 17.3. The molecule has 23 heavy (non-hydrogen) atoms. The molecule has 0 saturated heterocycles. The van der Waals surface area contributed by atoms with Crippen molar-refractivity contribution in [1.82, 2.24) is 0 Å². The summed E-state index contributed by atoms with van der Waals surface area (Å²) in [6.45, 7) is 2.55. The molecule has 0 fully saturated rings. The molecule has 5 heteroatoms. The number of nitrogen functional groups attached to an aromatic ring is 1. The maximum Gasteiger partial charge on any atom is 0.224 e. The number of aryl methyl sites for hydroxylation is 1. The van der Waals surface area contributed by atoms with E-state index in [1.54, 1.807) is 6.07 Å². The highest BCUT2D eigenvalue weighted by molar-refractivity contribution is 9.10. The van der Waals surface area contributed by atoms with Gasteiger partial charge in [0.25, 0.3) is 0 Å². The lowest BCUT2D eigenvalue weighted by Gasteiger charge is -2.09. The van der Waals surface area contributed by atoms with Crippen molar-refractivity contribution in [3.63, 3.8) is 0 Å². The molecule has 122 valence electrons. The standard InChI is InChI=1S/C18H21BrN2O2/c1-13-5-8-15(20)12-17(13)21-18(22)4-2-3-11-23-16-9-6-14(19)7-10-16/h5-10,12H,2-4,11,20H2,1H3,(H,21,22). The fourth-order valence-electron chi connectivity index (χ4n) is 2.10. The van der Waals surface area contributed by atoms with Gasteiger partial charge in [-0.3, -0.25) is 4.79 Å². The Morgan fingerprint density at radius 2 is 1.91 bits per heavy atom. The smallest absolute Gasteiger partial charge is 0.224 e. The summed E-state index contributed by atoms with van der Waals surface area (Å²) in [6.07, 6.45) is 2.08. The van der Waals surface area contributed by atoms with E-state index in [1.807, 2.05) is 43.3 Å². The van der Waals surface area contributed by atoms with E-state index < -0.39 is 0 Å². The summed E-state index contributed by atoms with van der Waals surface area (Å²) in [5.41, 5.74) is 8.17. The predicted octanol–water partition coefficient (Wildman–Crippen LogP) is 4.53. The number of benzene rings is 2. The molecule has 3 N–H and O–H groups in total. The van der Waals surface area contributed by atoms with Crippen molar-refractivity contribution < 1.29 is 9.53 Å². The van der Waals surface area contributed by atoms with Gasteiger partial charge in [0.15, 0.2) is 0 Å². The summed E-state index contributed by atoms with van der Waals surface area (Å²) in [7, 11) is 0. The van der Waals surface area contributed by atoms with Crippen LogP contribution in [-0.2, 0) is 4.79 Å². The van der Waals surface area contributed by atoms with Crippen molar-refractivity contribution in [2.45, 2.75) is 26.2 Å². The van der Waals surface area contributed by atoms with Gasteiger partial charge in [0.05, 0.1) is 6.61 Å². The van der Waals surface area contributed by atoms with Crippen molar-refractivity contribution in [1.29, 1.82) is 0 Å². The maximum atomic E-state index is 11.9. The molecule has 0 spiro atoms. The summed E-state index contributed by atoms with van der Waals surface area (Å²) in [6, 6.07) is 13.2. The van der Waals surface area contributed by atoms with Gasteiger partial charge in [-0.1, -0.05) is 22.0 Å². The Labute approximate surface area is 145 Å². The number of rotatable bonds is 7. The summed E-state index contributed by atoms with van der Waals surface area (Å²) >= 11 is 3.38. The van der Waals surface area contributed by atoms with Crippen LogP contribution in [0.2, 0.25) is 0 Å². The van der Waals surface area contributed by atoms with Gasteiger partial charge in [0, 0.05) is 22.3 Å². The van der Waals surface area contributed by atoms with Crippen LogP contribution in [0.3, 0.4) is 0 Å². The average molecular weight is 377 g/mol. The maximum absolute atomic E-state index is 11.9. The zero-order valence-corrected chi connectivity index (χ0v) is 14.7. The molecule has 0 aliphatic heterocycles. The van der Waals surface area contributed by atoms with Gasteiger partial charge in [-0.05, 0) is 61.7 Å². The van der Waals surface area contributed by atoms with Crippen molar-refractivity contribution in [3.05, 3.63) is 52.5 Å². The van der Waals surface area contributed by atoms with Crippen molar-refractivity contribution in [3.8, 4) is 5.75 Å². The highest BCUT2D eigenvalue weighted by Gasteiger charge is 2.05. The Balaban J connectivity index is 1.67. The summed E-state index contributed by atoms with van der Waals surface area (Å²) < 4.78 is 6.65. The van der Waals surface area contributed by atoms with Gasteiger partial charge in [-0.15, -0.1) is 0 Å².